The highest BCUT2D eigenvalue weighted by Gasteiger charge is 2.51. The normalized spacial score (nSPS) is 25.2. The van der Waals surface area contributed by atoms with Gasteiger partial charge in [-0.25, -0.2) is 4.79 Å². The molecule has 2 fully saturated rings. The molecule has 2 aliphatic carbocycles. The van der Waals surface area contributed by atoms with E-state index in [1.807, 2.05) is 0 Å². The number of aliphatic hydroxyl groups is 1. The van der Waals surface area contributed by atoms with E-state index in [4.69, 9.17) is 29.9 Å². The average Bonchev–Trinajstić information content (AvgIpc) is 4.13. The Kier molecular flexibility index (Phi) is 13.2. The Bertz CT molecular complexity index is 2440. The number of fused-ring (bicyclic) bond motifs is 8. The van der Waals surface area contributed by atoms with Gasteiger partial charge in [0.15, 0.2) is 5.60 Å². The van der Waals surface area contributed by atoms with E-state index >= 15 is 0 Å². The molecule has 65 heavy (non-hydrogen) atoms. The lowest BCUT2D eigenvalue weighted by Gasteiger charge is -2.50. The van der Waals surface area contributed by atoms with E-state index in [1.54, 1.807) is 22.7 Å². The van der Waals surface area contributed by atoms with E-state index in [0.717, 1.165) is 77.4 Å². The van der Waals surface area contributed by atoms with Crippen molar-refractivity contribution in [1.29, 1.82) is 0 Å². The lowest BCUT2D eigenvalue weighted by molar-refractivity contribution is -0.170. The highest BCUT2D eigenvalue weighted by atomic mass is 32.1. The maximum Gasteiger partial charge on any atom is 0.336 e. The summed E-state index contributed by atoms with van der Waals surface area (Å²) in [5.74, 6) is -5.02. The first-order chi connectivity index (χ1) is 31.1. The first kappa shape index (κ1) is 46.7. The van der Waals surface area contributed by atoms with E-state index in [-0.39, 0.29) is 22.3 Å². The molecular formula is C50H60N4O9S2. The predicted molar refractivity (Wildman–Crippen MR) is 253 cm³/mol. The highest BCUT2D eigenvalue weighted by Crippen LogP contribution is 2.54. The number of rotatable bonds is 9. The first-order valence-corrected chi connectivity index (χ1v) is 24.2. The van der Waals surface area contributed by atoms with Gasteiger partial charge in [0.25, 0.3) is 0 Å². The second-order valence-electron chi connectivity index (χ2n) is 18.6. The van der Waals surface area contributed by atoms with Crippen LogP contribution in [0.4, 0.5) is 0 Å². The number of H-pyrrole nitrogens is 2. The highest BCUT2D eigenvalue weighted by molar-refractivity contribution is 7.08. The molecule has 0 radical (unpaired) electrons. The second-order valence-corrected chi connectivity index (χ2v) is 20.1. The number of thiophene rings is 2. The number of carbonyl (C=O) groups is 3. The fourth-order valence-electron chi connectivity index (χ4n) is 11.2. The Morgan fingerprint density at radius 3 is 1.32 bits per heavy atom. The molecule has 0 atom stereocenters. The average molecular weight is 925 g/mol. The number of nitrogens with zero attached hydrogens (tertiary/aromatic N) is 2. The number of hydrogen-bond donors (Lipinski definition) is 6. The number of carboxylic acid groups (broad SMARTS) is 3. The molecule has 2 saturated carbocycles. The van der Waals surface area contributed by atoms with Crippen molar-refractivity contribution in [2.24, 2.45) is 0 Å². The molecule has 10 rings (SSSR count). The maximum atomic E-state index is 10.3. The van der Waals surface area contributed by atoms with E-state index < -0.39 is 36.4 Å². The molecule has 15 heteroatoms. The zero-order chi connectivity index (χ0) is 46.2. The van der Waals surface area contributed by atoms with Crippen molar-refractivity contribution in [3.63, 3.8) is 0 Å². The first-order valence-electron chi connectivity index (χ1n) is 22.3. The van der Waals surface area contributed by atoms with Crippen molar-refractivity contribution >= 4 is 62.4 Å². The number of hydrogen-bond acceptors (Lipinski definition) is 10. The molecular weight excluding hydrogens is 865 g/mol. The SMILES string of the molecule is CN(C)C1(c2ccsc2)CCC2(CC1)OCCc1c2[nH]c2ccccc12.CN(C)C1(c2ccsc2)CCC2(CC1)OCCc1c2[nH]c2ccccc12.O=C(O)CC(O)(CC(=O)O)C(=O)O. The summed E-state index contributed by atoms with van der Waals surface area (Å²) in [5.41, 5.74) is 8.38. The fourth-order valence-corrected chi connectivity index (χ4v) is 12.7. The molecule has 0 unspecified atom stereocenters. The second kappa shape index (κ2) is 18.4. The largest absolute Gasteiger partial charge is 0.481 e. The van der Waals surface area contributed by atoms with Crippen molar-refractivity contribution in [3.8, 4) is 0 Å². The topological polar surface area (TPSA) is 189 Å². The van der Waals surface area contributed by atoms with E-state index in [1.165, 1.54) is 55.4 Å². The Labute approximate surface area is 387 Å². The van der Waals surface area contributed by atoms with Gasteiger partial charge in [-0.2, -0.15) is 22.7 Å². The standard InChI is InChI=1S/2C22H26N2OS.C6H8O7/c2*1-24(2)21(16-8-14-26-15-16)9-11-22(12-10-21)20-18(7-13-25-22)17-5-3-4-6-19(17)23-20;7-3(8)1-6(13,5(11)12)2-4(9)10/h2*3-6,8,14-15,23H,7,9-13H2,1-2H3;13H,1-2H2,(H,7,8)(H,9,10)(H,11,12). The third kappa shape index (κ3) is 8.68. The van der Waals surface area contributed by atoms with Crippen LogP contribution in [0.5, 0.6) is 0 Å². The van der Waals surface area contributed by atoms with Crippen LogP contribution in [0.2, 0.25) is 0 Å². The molecule has 6 heterocycles. The van der Waals surface area contributed by atoms with E-state index in [9.17, 15) is 14.4 Å². The van der Waals surface area contributed by atoms with Crippen LogP contribution < -0.4 is 0 Å². The summed E-state index contributed by atoms with van der Waals surface area (Å²) in [4.78, 5) is 42.8. The maximum absolute atomic E-state index is 10.3. The number of aromatic nitrogens is 2. The minimum atomic E-state index is -2.74. The molecule has 0 bridgehead atoms. The lowest BCUT2D eigenvalue weighted by Crippen LogP contribution is -2.49. The Morgan fingerprint density at radius 1 is 0.615 bits per heavy atom. The zero-order valence-electron chi connectivity index (χ0n) is 37.5. The van der Waals surface area contributed by atoms with Gasteiger partial charge < -0.3 is 39.9 Å². The number of aliphatic carboxylic acids is 3. The Morgan fingerprint density at radius 2 is 1.00 bits per heavy atom. The van der Waals surface area contributed by atoms with Crippen LogP contribution >= 0.6 is 22.7 Å². The van der Waals surface area contributed by atoms with Crippen molar-refractivity contribution in [2.75, 3.05) is 41.4 Å². The summed E-state index contributed by atoms with van der Waals surface area (Å²) in [6.07, 6.45) is 8.55. The quantitative estimate of drug-likeness (QED) is 0.0813. The van der Waals surface area contributed by atoms with Crippen LogP contribution in [0.3, 0.4) is 0 Å². The van der Waals surface area contributed by atoms with Crippen LogP contribution in [-0.4, -0.2) is 105 Å². The van der Waals surface area contributed by atoms with E-state index in [2.05, 4.69) is 130 Å². The minimum absolute atomic E-state index is 0.137. The third-order valence-corrected chi connectivity index (χ3v) is 16.3. The number of ether oxygens (including phenoxy) is 2. The van der Waals surface area contributed by atoms with Crippen molar-refractivity contribution in [3.05, 3.63) is 116 Å². The molecule has 0 saturated heterocycles. The van der Waals surface area contributed by atoms with Crippen molar-refractivity contribution < 1.29 is 44.3 Å². The van der Waals surface area contributed by atoms with Crippen LogP contribution in [0.25, 0.3) is 21.8 Å². The van der Waals surface area contributed by atoms with Crippen molar-refractivity contribution in [2.45, 2.75) is 105 Å². The monoisotopic (exact) mass is 924 g/mol. The number of aromatic amines is 2. The molecule has 2 aromatic carbocycles. The number of nitrogens with one attached hydrogen (secondary N) is 2. The van der Waals surface area contributed by atoms with Gasteiger partial charge in [0, 0.05) is 32.9 Å². The van der Waals surface area contributed by atoms with Gasteiger partial charge in [-0.3, -0.25) is 19.4 Å². The summed E-state index contributed by atoms with van der Waals surface area (Å²) in [7, 11) is 8.91. The van der Waals surface area contributed by atoms with Gasteiger partial charge in [0.1, 0.15) is 11.2 Å². The van der Waals surface area contributed by atoms with Crippen LogP contribution in [0.15, 0.2) is 82.2 Å². The zero-order valence-corrected chi connectivity index (χ0v) is 39.2. The van der Waals surface area contributed by atoms with Crippen molar-refractivity contribution in [1.82, 2.24) is 19.8 Å². The Hall–Kier alpha value is -4.87. The number of benzene rings is 2. The molecule has 0 amide bonds. The molecule has 4 aliphatic rings. The van der Waals surface area contributed by atoms with Crippen LogP contribution in [0, 0.1) is 0 Å². The molecule has 4 aromatic heterocycles. The summed E-state index contributed by atoms with van der Waals surface area (Å²) in [6, 6.07) is 22.0. The van der Waals surface area contributed by atoms with Gasteiger partial charge >= 0.3 is 17.9 Å². The van der Waals surface area contributed by atoms with Gasteiger partial charge in [0.2, 0.25) is 0 Å². The fraction of sp³-hybridized carbons (Fsp3) is 0.460. The smallest absolute Gasteiger partial charge is 0.336 e. The van der Waals surface area contributed by atoms with E-state index in [0.29, 0.717) is 0 Å². The Balaban J connectivity index is 0.000000142. The van der Waals surface area contributed by atoms with Crippen LogP contribution in [0.1, 0.15) is 97.8 Å². The molecule has 346 valence electrons. The van der Waals surface area contributed by atoms with Gasteiger partial charge in [-0.15, -0.1) is 0 Å². The van der Waals surface area contributed by atoms with Gasteiger partial charge in [-0.05, 0) is 160 Å². The lowest BCUT2D eigenvalue weighted by atomic mass is 9.68. The molecule has 6 N–H and O–H groups in total. The van der Waals surface area contributed by atoms with Crippen LogP contribution in [-0.2, 0) is 59.0 Å². The minimum Gasteiger partial charge on any atom is -0.481 e. The van der Waals surface area contributed by atoms with Gasteiger partial charge in [-0.1, -0.05) is 36.4 Å². The molecule has 2 aliphatic heterocycles. The summed E-state index contributed by atoms with van der Waals surface area (Å²) >= 11 is 3.61. The summed E-state index contributed by atoms with van der Waals surface area (Å²) in [6.45, 7) is 1.67. The van der Waals surface area contributed by atoms with Gasteiger partial charge in [0.05, 0.1) is 37.4 Å². The summed E-state index contributed by atoms with van der Waals surface area (Å²) in [5, 5.41) is 45.6. The molecule has 6 aromatic rings. The molecule has 13 nitrogen and oxygen atoms in total. The number of para-hydroxylation sites is 2. The molecule has 2 spiro atoms. The number of carboxylic acids is 3. The third-order valence-electron chi connectivity index (χ3n) is 14.9. The predicted octanol–water partition coefficient (Wildman–Crippen LogP) is 8.81. The summed E-state index contributed by atoms with van der Waals surface area (Å²) < 4.78 is 13.0.